The van der Waals surface area contributed by atoms with Gasteiger partial charge in [0, 0.05) is 22.1 Å². The Morgan fingerprint density at radius 2 is 1.67 bits per heavy atom. The predicted molar refractivity (Wildman–Crippen MR) is 132 cm³/mol. The monoisotopic (exact) mass is 473 g/mol. The Kier molecular flexibility index (Phi) is 5.58. The maximum atomic E-state index is 13.0. The molecular formula is C26H17Cl2N3O2. The van der Waals surface area contributed by atoms with E-state index in [0.29, 0.717) is 27.7 Å². The Balaban J connectivity index is 1.28. The second-order valence-corrected chi connectivity index (χ2v) is 8.40. The second-order valence-electron chi connectivity index (χ2n) is 7.61. The molecule has 5 nitrogen and oxygen atoms in total. The van der Waals surface area contributed by atoms with Crippen molar-refractivity contribution in [3.05, 3.63) is 111 Å². The van der Waals surface area contributed by atoms with E-state index in [1.165, 1.54) is 6.21 Å². The number of hydrogen-bond donors (Lipinski definition) is 1. The van der Waals surface area contributed by atoms with Gasteiger partial charge in [0.2, 0.25) is 0 Å². The van der Waals surface area contributed by atoms with Gasteiger partial charge in [-0.25, -0.2) is 5.43 Å². The Hall–Kier alpha value is -3.67. The highest BCUT2D eigenvalue weighted by molar-refractivity contribution is 6.43. The second kappa shape index (κ2) is 8.70. The first-order valence-electron chi connectivity index (χ1n) is 10.2. The lowest BCUT2D eigenvalue weighted by Gasteiger charge is -2.18. The summed E-state index contributed by atoms with van der Waals surface area (Å²) < 4.78 is 0. The van der Waals surface area contributed by atoms with Gasteiger partial charge in [0.15, 0.2) is 0 Å². The molecular weight excluding hydrogens is 457 g/mol. The van der Waals surface area contributed by atoms with Gasteiger partial charge >= 0.3 is 0 Å². The minimum absolute atomic E-state index is 0.0161. The van der Waals surface area contributed by atoms with Crippen molar-refractivity contribution >= 4 is 57.7 Å². The maximum Gasteiger partial charge on any atom is 0.271 e. The molecule has 0 bridgehead atoms. The van der Waals surface area contributed by atoms with E-state index in [4.69, 9.17) is 23.2 Å². The van der Waals surface area contributed by atoms with Crippen LogP contribution < -0.4 is 10.3 Å². The van der Waals surface area contributed by atoms with Crippen LogP contribution in [0.4, 0.5) is 5.69 Å². The van der Waals surface area contributed by atoms with E-state index in [1.807, 2.05) is 48.5 Å². The highest BCUT2D eigenvalue weighted by atomic mass is 35.5. The van der Waals surface area contributed by atoms with Crippen molar-refractivity contribution in [3.8, 4) is 0 Å². The Morgan fingerprint density at radius 1 is 0.939 bits per heavy atom. The molecule has 1 N–H and O–H groups in total. The summed E-state index contributed by atoms with van der Waals surface area (Å²) in [5, 5.41) is 6.78. The molecule has 162 valence electrons. The first-order valence-corrected chi connectivity index (χ1v) is 11.0. The van der Waals surface area contributed by atoms with Crippen molar-refractivity contribution in [1.82, 2.24) is 5.43 Å². The fraction of sp³-hybridized carbons (Fsp3) is 0.0385. The van der Waals surface area contributed by atoms with Gasteiger partial charge in [0.05, 0.1) is 28.5 Å². The van der Waals surface area contributed by atoms with Crippen LogP contribution in [-0.4, -0.2) is 18.0 Å². The SMILES string of the molecule is O=C(N/N=C/c1cccc(Cl)c1Cl)c1ccc(CN2C(=O)c3cccc4cccc2c34)cc1. The van der Waals surface area contributed by atoms with E-state index in [1.54, 1.807) is 35.2 Å². The molecule has 0 saturated heterocycles. The molecule has 0 atom stereocenters. The third-order valence-corrected chi connectivity index (χ3v) is 6.39. The molecule has 0 spiro atoms. The van der Waals surface area contributed by atoms with E-state index in [0.717, 1.165) is 27.6 Å². The minimum Gasteiger partial charge on any atom is -0.303 e. The van der Waals surface area contributed by atoms with E-state index in [-0.39, 0.29) is 11.8 Å². The Morgan fingerprint density at radius 3 is 2.45 bits per heavy atom. The number of hydrogen-bond acceptors (Lipinski definition) is 3. The standard InChI is InChI=1S/C26H17Cl2N3O2/c27-21-8-2-6-19(24(21)28)14-29-30-25(32)18-12-10-16(11-13-18)15-31-22-9-3-5-17-4-1-7-20(23(17)22)26(31)33/h1-14H,15H2,(H,30,32)/b29-14+. The smallest absolute Gasteiger partial charge is 0.271 e. The molecule has 0 radical (unpaired) electrons. The first kappa shape index (κ1) is 21.2. The summed E-state index contributed by atoms with van der Waals surface area (Å²) in [6.07, 6.45) is 1.44. The van der Waals surface area contributed by atoms with Crippen LogP contribution in [0.15, 0.2) is 84.0 Å². The molecule has 0 fully saturated rings. The summed E-state index contributed by atoms with van der Waals surface area (Å²) in [4.78, 5) is 27.2. The van der Waals surface area contributed by atoms with Crippen LogP contribution in [0, 0.1) is 0 Å². The van der Waals surface area contributed by atoms with E-state index in [2.05, 4.69) is 10.5 Å². The summed E-state index contributed by atoms with van der Waals surface area (Å²) in [6, 6.07) is 24.0. The lowest BCUT2D eigenvalue weighted by atomic mass is 10.1. The van der Waals surface area contributed by atoms with Crippen molar-refractivity contribution in [2.75, 3.05) is 4.90 Å². The Bertz CT molecular complexity index is 1430. The minimum atomic E-state index is -0.356. The van der Waals surface area contributed by atoms with Gasteiger partial charge in [0.1, 0.15) is 0 Å². The number of anilines is 1. The quantitative estimate of drug-likeness (QED) is 0.282. The number of rotatable bonds is 5. The molecule has 0 aliphatic carbocycles. The summed E-state index contributed by atoms with van der Waals surface area (Å²) in [6.45, 7) is 0.417. The third kappa shape index (κ3) is 3.97. The number of nitrogens with zero attached hydrogens (tertiary/aromatic N) is 2. The number of nitrogens with one attached hydrogen (secondary N) is 1. The van der Waals surface area contributed by atoms with Crippen molar-refractivity contribution in [3.63, 3.8) is 0 Å². The van der Waals surface area contributed by atoms with E-state index >= 15 is 0 Å². The molecule has 1 aliphatic heterocycles. The van der Waals surface area contributed by atoms with Gasteiger partial charge in [-0.3, -0.25) is 9.59 Å². The fourth-order valence-electron chi connectivity index (χ4n) is 3.93. The summed E-state index contributed by atoms with van der Waals surface area (Å²) in [5.41, 5.74) is 6.08. The number of halogens is 2. The van der Waals surface area contributed by atoms with Gasteiger partial charge in [-0.15, -0.1) is 0 Å². The van der Waals surface area contributed by atoms with Crippen LogP contribution in [-0.2, 0) is 6.54 Å². The predicted octanol–water partition coefficient (Wildman–Crippen LogP) is 6.07. The van der Waals surface area contributed by atoms with Crippen LogP contribution in [0.25, 0.3) is 10.8 Å². The molecule has 0 saturated carbocycles. The van der Waals surface area contributed by atoms with Crippen LogP contribution in [0.5, 0.6) is 0 Å². The normalized spacial score (nSPS) is 12.7. The van der Waals surface area contributed by atoms with Crippen molar-refractivity contribution in [1.29, 1.82) is 0 Å². The fourth-order valence-corrected chi connectivity index (χ4v) is 4.28. The molecule has 7 heteroatoms. The van der Waals surface area contributed by atoms with Gasteiger partial charge in [-0.1, -0.05) is 71.7 Å². The topological polar surface area (TPSA) is 61.8 Å². The molecule has 0 unspecified atom stereocenters. The van der Waals surface area contributed by atoms with Crippen LogP contribution in [0.1, 0.15) is 31.8 Å². The molecule has 33 heavy (non-hydrogen) atoms. The average molecular weight is 474 g/mol. The zero-order valence-corrected chi connectivity index (χ0v) is 18.8. The highest BCUT2D eigenvalue weighted by Gasteiger charge is 2.29. The average Bonchev–Trinajstić information content (AvgIpc) is 3.10. The van der Waals surface area contributed by atoms with Crippen molar-refractivity contribution in [2.24, 2.45) is 5.10 Å². The van der Waals surface area contributed by atoms with Gasteiger partial charge < -0.3 is 4.90 Å². The lowest BCUT2D eigenvalue weighted by Crippen LogP contribution is -2.26. The molecule has 5 rings (SSSR count). The Labute approximate surface area is 200 Å². The van der Waals surface area contributed by atoms with E-state index < -0.39 is 0 Å². The van der Waals surface area contributed by atoms with Gasteiger partial charge in [0.25, 0.3) is 11.8 Å². The molecule has 1 aliphatic rings. The van der Waals surface area contributed by atoms with Crippen LogP contribution in [0.3, 0.4) is 0 Å². The summed E-state index contributed by atoms with van der Waals surface area (Å²) in [7, 11) is 0. The van der Waals surface area contributed by atoms with Gasteiger partial charge in [-0.2, -0.15) is 5.10 Å². The molecule has 4 aromatic carbocycles. The van der Waals surface area contributed by atoms with Gasteiger partial charge in [-0.05, 0) is 41.3 Å². The first-order chi connectivity index (χ1) is 16.0. The zero-order chi connectivity index (χ0) is 22.9. The van der Waals surface area contributed by atoms with Crippen LogP contribution >= 0.6 is 23.2 Å². The van der Waals surface area contributed by atoms with Crippen molar-refractivity contribution < 1.29 is 9.59 Å². The molecule has 0 aromatic heterocycles. The van der Waals surface area contributed by atoms with E-state index in [9.17, 15) is 9.59 Å². The number of amides is 2. The zero-order valence-electron chi connectivity index (χ0n) is 17.3. The van der Waals surface area contributed by atoms with Crippen molar-refractivity contribution in [2.45, 2.75) is 6.54 Å². The molecule has 1 heterocycles. The largest absolute Gasteiger partial charge is 0.303 e. The number of benzene rings is 4. The summed E-state index contributed by atoms with van der Waals surface area (Å²) >= 11 is 12.1. The highest BCUT2D eigenvalue weighted by Crippen LogP contribution is 2.38. The maximum absolute atomic E-state index is 13.0. The summed E-state index contributed by atoms with van der Waals surface area (Å²) in [5.74, 6) is -0.372. The number of hydrazone groups is 1. The molecule has 2 amide bonds. The molecule has 4 aromatic rings. The van der Waals surface area contributed by atoms with Crippen LogP contribution in [0.2, 0.25) is 10.0 Å². The number of carbonyl (C=O) groups is 2. The lowest BCUT2D eigenvalue weighted by molar-refractivity contribution is 0.0953. The third-order valence-electron chi connectivity index (χ3n) is 5.56. The number of carbonyl (C=O) groups excluding carboxylic acids is 2.